The van der Waals surface area contributed by atoms with Gasteiger partial charge in [0.25, 0.3) is 0 Å². The molecule has 27 heavy (non-hydrogen) atoms. The Morgan fingerprint density at radius 3 is 2.78 bits per heavy atom. The predicted molar refractivity (Wildman–Crippen MR) is 107 cm³/mol. The molecule has 2 aromatic carbocycles. The molecule has 0 aliphatic carbocycles. The van der Waals surface area contributed by atoms with E-state index in [2.05, 4.69) is 20.4 Å². The van der Waals surface area contributed by atoms with Crippen LogP contribution in [-0.4, -0.2) is 26.9 Å². The van der Waals surface area contributed by atoms with E-state index in [0.29, 0.717) is 17.4 Å². The summed E-state index contributed by atoms with van der Waals surface area (Å²) in [5.74, 6) is 2.23. The summed E-state index contributed by atoms with van der Waals surface area (Å²) in [6, 6.07) is 15.4. The maximum Gasteiger partial charge on any atom is 0.168 e. The number of aryl methyl sites for hydroxylation is 1. The summed E-state index contributed by atoms with van der Waals surface area (Å²) in [5, 5.41) is 9.37. The van der Waals surface area contributed by atoms with Crippen molar-refractivity contribution in [2.45, 2.75) is 13.5 Å². The SMILES string of the molecule is COc1ccccc1CNc1nc(C)nc2c1cnn2-c1cccc(Cl)c1. The molecule has 0 fully saturated rings. The lowest BCUT2D eigenvalue weighted by molar-refractivity contribution is 0.410. The summed E-state index contributed by atoms with van der Waals surface area (Å²) in [4.78, 5) is 9.13. The molecule has 136 valence electrons. The van der Waals surface area contributed by atoms with Gasteiger partial charge in [0.05, 0.1) is 24.4 Å². The van der Waals surface area contributed by atoms with Crippen LogP contribution in [0.25, 0.3) is 16.7 Å². The Labute approximate surface area is 161 Å². The minimum absolute atomic E-state index is 0.581. The molecule has 0 spiro atoms. The summed E-state index contributed by atoms with van der Waals surface area (Å²) < 4.78 is 7.18. The number of para-hydroxylation sites is 1. The lowest BCUT2D eigenvalue weighted by Crippen LogP contribution is -2.06. The minimum Gasteiger partial charge on any atom is -0.496 e. The number of hydrogen-bond acceptors (Lipinski definition) is 5. The normalized spacial score (nSPS) is 10.9. The molecule has 0 saturated heterocycles. The first-order valence-corrected chi connectivity index (χ1v) is 8.87. The highest BCUT2D eigenvalue weighted by Crippen LogP contribution is 2.25. The number of benzene rings is 2. The number of methoxy groups -OCH3 is 1. The topological polar surface area (TPSA) is 64.9 Å². The van der Waals surface area contributed by atoms with Crippen LogP contribution in [-0.2, 0) is 6.54 Å². The first-order valence-electron chi connectivity index (χ1n) is 8.50. The van der Waals surface area contributed by atoms with Crippen molar-refractivity contribution in [3.8, 4) is 11.4 Å². The maximum atomic E-state index is 6.12. The predicted octanol–water partition coefficient (Wildman–Crippen LogP) is 4.40. The average molecular weight is 380 g/mol. The molecule has 4 rings (SSSR count). The Balaban J connectivity index is 1.72. The van der Waals surface area contributed by atoms with Crippen molar-refractivity contribution in [1.82, 2.24) is 19.7 Å². The molecule has 0 aliphatic heterocycles. The monoisotopic (exact) mass is 379 g/mol. The van der Waals surface area contributed by atoms with Crippen LogP contribution in [0.2, 0.25) is 5.02 Å². The molecule has 0 saturated carbocycles. The van der Waals surface area contributed by atoms with Gasteiger partial charge in [-0.15, -0.1) is 0 Å². The Morgan fingerprint density at radius 1 is 1.11 bits per heavy atom. The summed E-state index contributed by atoms with van der Waals surface area (Å²) in [6.45, 7) is 2.45. The largest absolute Gasteiger partial charge is 0.496 e. The van der Waals surface area contributed by atoms with Gasteiger partial charge in [-0.05, 0) is 31.2 Å². The van der Waals surface area contributed by atoms with Gasteiger partial charge in [-0.1, -0.05) is 35.9 Å². The van der Waals surface area contributed by atoms with Gasteiger partial charge in [-0.25, -0.2) is 14.6 Å². The fourth-order valence-electron chi connectivity index (χ4n) is 2.98. The van der Waals surface area contributed by atoms with Crippen LogP contribution < -0.4 is 10.1 Å². The lowest BCUT2D eigenvalue weighted by Gasteiger charge is -2.11. The van der Waals surface area contributed by atoms with Crippen molar-refractivity contribution in [2.24, 2.45) is 0 Å². The number of hydrogen-bond donors (Lipinski definition) is 1. The summed E-state index contributed by atoms with van der Waals surface area (Å²) in [5.41, 5.74) is 2.63. The third-order valence-electron chi connectivity index (χ3n) is 4.23. The molecule has 2 heterocycles. The van der Waals surface area contributed by atoms with Crippen LogP contribution in [0.15, 0.2) is 54.7 Å². The highest BCUT2D eigenvalue weighted by atomic mass is 35.5. The lowest BCUT2D eigenvalue weighted by atomic mass is 10.2. The van der Waals surface area contributed by atoms with Gasteiger partial charge in [0.2, 0.25) is 0 Å². The third kappa shape index (κ3) is 3.44. The average Bonchev–Trinajstić information content (AvgIpc) is 3.10. The zero-order valence-electron chi connectivity index (χ0n) is 15.0. The van der Waals surface area contributed by atoms with Crippen molar-refractivity contribution in [3.05, 3.63) is 71.1 Å². The van der Waals surface area contributed by atoms with Gasteiger partial charge in [0, 0.05) is 17.1 Å². The second-order valence-corrected chi connectivity index (χ2v) is 6.49. The van der Waals surface area contributed by atoms with E-state index < -0.39 is 0 Å². The van der Waals surface area contributed by atoms with Crippen molar-refractivity contribution >= 4 is 28.5 Å². The van der Waals surface area contributed by atoms with E-state index >= 15 is 0 Å². The second-order valence-electron chi connectivity index (χ2n) is 6.06. The van der Waals surface area contributed by atoms with Crippen LogP contribution in [0.4, 0.5) is 5.82 Å². The standard InChI is InChI=1S/C20H18ClN5O/c1-13-24-19(22-11-14-6-3-4-9-18(14)27-2)17-12-23-26(20(17)25-13)16-8-5-7-15(21)10-16/h3-10,12H,11H2,1-2H3,(H,22,24,25). The number of nitrogens with one attached hydrogen (secondary N) is 1. The first kappa shape index (κ1) is 17.3. The Kier molecular flexibility index (Phi) is 4.64. The van der Waals surface area contributed by atoms with E-state index in [9.17, 15) is 0 Å². The van der Waals surface area contributed by atoms with E-state index in [1.165, 1.54) is 0 Å². The molecule has 0 bridgehead atoms. The molecule has 1 N–H and O–H groups in total. The number of halogens is 1. The number of nitrogens with zero attached hydrogens (tertiary/aromatic N) is 4. The van der Waals surface area contributed by atoms with E-state index in [-0.39, 0.29) is 0 Å². The van der Waals surface area contributed by atoms with Crippen molar-refractivity contribution in [3.63, 3.8) is 0 Å². The summed E-state index contributed by atoms with van der Waals surface area (Å²) in [7, 11) is 1.67. The second kappa shape index (κ2) is 7.25. The van der Waals surface area contributed by atoms with Crippen LogP contribution in [0.1, 0.15) is 11.4 Å². The fourth-order valence-corrected chi connectivity index (χ4v) is 3.16. The fraction of sp³-hybridized carbons (Fsp3) is 0.150. The van der Waals surface area contributed by atoms with E-state index in [1.807, 2.05) is 55.5 Å². The molecular weight excluding hydrogens is 362 g/mol. The number of fused-ring (bicyclic) bond motifs is 1. The van der Waals surface area contributed by atoms with Crippen LogP contribution in [0, 0.1) is 6.92 Å². The number of ether oxygens (including phenoxy) is 1. The zero-order valence-corrected chi connectivity index (χ0v) is 15.7. The molecule has 6 nitrogen and oxygen atoms in total. The molecule has 0 aliphatic rings. The van der Waals surface area contributed by atoms with E-state index in [4.69, 9.17) is 16.3 Å². The van der Waals surface area contributed by atoms with Crippen molar-refractivity contribution in [1.29, 1.82) is 0 Å². The Bertz CT molecular complexity index is 1110. The number of rotatable bonds is 5. The van der Waals surface area contributed by atoms with Crippen molar-refractivity contribution in [2.75, 3.05) is 12.4 Å². The van der Waals surface area contributed by atoms with Gasteiger partial charge in [-0.3, -0.25) is 0 Å². The number of anilines is 1. The highest BCUT2D eigenvalue weighted by Gasteiger charge is 2.13. The van der Waals surface area contributed by atoms with E-state index in [1.54, 1.807) is 18.0 Å². The Morgan fingerprint density at radius 2 is 1.96 bits per heavy atom. The minimum atomic E-state index is 0.581. The maximum absolute atomic E-state index is 6.12. The molecular formula is C20H18ClN5O. The smallest absolute Gasteiger partial charge is 0.168 e. The third-order valence-corrected chi connectivity index (χ3v) is 4.47. The molecule has 0 radical (unpaired) electrons. The van der Waals surface area contributed by atoms with Gasteiger partial charge in [0.1, 0.15) is 17.4 Å². The zero-order chi connectivity index (χ0) is 18.8. The van der Waals surface area contributed by atoms with Crippen LogP contribution in [0.5, 0.6) is 5.75 Å². The van der Waals surface area contributed by atoms with Gasteiger partial charge in [0.15, 0.2) is 5.65 Å². The van der Waals surface area contributed by atoms with Gasteiger partial charge < -0.3 is 10.1 Å². The molecule has 0 amide bonds. The van der Waals surface area contributed by atoms with E-state index in [0.717, 1.165) is 33.9 Å². The molecule has 0 atom stereocenters. The highest BCUT2D eigenvalue weighted by molar-refractivity contribution is 6.30. The molecule has 4 aromatic rings. The van der Waals surface area contributed by atoms with Gasteiger partial charge in [-0.2, -0.15) is 5.10 Å². The molecule has 0 unspecified atom stereocenters. The first-order chi connectivity index (χ1) is 13.2. The van der Waals surface area contributed by atoms with Crippen molar-refractivity contribution < 1.29 is 4.74 Å². The quantitative estimate of drug-likeness (QED) is 0.556. The Hall–Kier alpha value is -3.12. The summed E-state index contributed by atoms with van der Waals surface area (Å²) in [6.07, 6.45) is 1.76. The molecule has 7 heteroatoms. The van der Waals surface area contributed by atoms with Gasteiger partial charge >= 0.3 is 0 Å². The summed E-state index contributed by atoms with van der Waals surface area (Å²) >= 11 is 6.12. The van der Waals surface area contributed by atoms with Crippen LogP contribution in [0.3, 0.4) is 0 Å². The molecule has 2 aromatic heterocycles. The van der Waals surface area contributed by atoms with Crippen LogP contribution >= 0.6 is 11.6 Å². The number of aromatic nitrogens is 4.